The van der Waals surface area contributed by atoms with E-state index in [-0.39, 0.29) is 48.9 Å². The molecule has 1 saturated heterocycles. The maximum absolute atomic E-state index is 15.4. The molecule has 0 radical (unpaired) electrons. The Morgan fingerprint density at radius 2 is 1.60 bits per heavy atom. The third-order valence-corrected chi connectivity index (χ3v) is 17.0. The number of anilines is 3. The van der Waals surface area contributed by atoms with Crippen LogP contribution in [0.2, 0.25) is 18.6 Å². The molecular weight excluding hydrogens is 731 g/mol. The van der Waals surface area contributed by atoms with Crippen molar-refractivity contribution in [1.82, 2.24) is 4.90 Å². The second kappa shape index (κ2) is 15.4. The predicted octanol–water partition coefficient (Wildman–Crippen LogP) is 7.09. The lowest BCUT2D eigenvalue weighted by Gasteiger charge is -2.39. The Balaban J connectivity index is 1.16. The SMILES string of the molecule is COc1ccc([Si](C)(C)[C@H]2[C@H](CC(=O)N3Cc4ccccc4C[C@H]3CO)O[C@@]3(C(=O)N(Cc4cccc(N(C=O)c5ccccc5)c4)c4ccccc43)[C@@H]2C)cc1. The van der Waals surface area contributed by atoms with Gasteiger partial charge in [-0.3, -0.25) is 19.3 Å². The molecule has 57 heavy (non-hydrogen) atoms. The average Bonchev–Trinajstić information content (AvgIpc) is 3.67. The minimum Gasteiger partial charge on any atom is -0.497 e. The molecule has 3 heterocycles. The zero-order valence-electron chi connectivity index (χ0n) is 32.9. The van der Waals surface area contributed by atoms with Crippen molar-refractivity contribution in [2.75, 3.05) is 23.5 Å². The first-order chi connectivity index (χ1) is 27.6. The molecule has 3 aliphatic heterocycles. The topological polar surface area (TPSA) is 99.6 Å². The molecule has 0 aromatic heterocycles. The van der Waals surface area contributed by atoms with Crippen LogP contribution < -0.4 is 19.7 Å². The van der Waals surface area contributed by atoms with Gasteiger partial charge in [0.25, 0.3) is 5.91 Å². The molecule has 9 nitrogen and oxygen atoms in total. The van der Waals surface area contributed by atoms with Crippen LogP contribution in [0, 0.1) is 5.92 Å². The first kappa shape index (κ1) is 38.3. The number of fused-ring (bicyclic) bond motifs is 3. The number of carbonyl (C=O) groups excluding carboxylic acids is 3. The molecule has 0 unspecified atom stereocenters. The van der Waals surface area contributed by atoms with E-state index in [0.717, 1.165) is 45.8 Å². The molecule has 1 fully saturated rings. The quantitative estimate of drug-likeness (QED) is 0.114. The lowest BCUT2D eigenvalue weighted by atomic mass is 9.82. The predicted molar refractivity (Wildman–Crippen MR) is 224 cm³/mol. The Morgan fingerprint density at radius 1 is 0.912 bits per heavy atom. The minimum atomic E-state index is -2.51. The van der Waals surface area contributed by atoms with Crippen LogP contribution in [0.3, 0.4) is 0 Å². The van der Waals surface area contributed by atoms with Crippen molar-refractivity contribution in [2.24, 2.45) is 5.92 Å². The van der Waals surface area contributed by atoms with Gasteiger partial charge < -0.3 is 24.4 Å². The number of para-hydroxylation sites is 2. The summed E-state index contributed by atoms with van der Waals surface area (Å²) in [5.74, 6) is 0.232. The first-order valence-electron chi connectivity index (χ1n) is 19.7. The number of ether oxygens (including phenoxy) is 2. The summed E-state index contributed by atoms with van der Waals surface area (Å²) in [5.41, 5.74) is 4.64. The molecule has 8 rings (SSSR count). The number of nitrogens with zero attached hydrogens (tertiary/aromatic N) is 3. The van der Waals surface area contributed by atoms with E-state index in [9.17, 15) is 14.7 Å². The Hall–Kier alpha value is -5.55. The van der Waals surface area contributed by atoms with Crippen molar-refractivity contribution in [3.8, 4) is 5.75 Å². The number of carbonyl (C=O) groups is 3. The van der Waals surface area contributed by atoms with E-state index in [4.69, 9.17) is 9.47 Å². The number of benzene rings is 5. The molecule has 0 bridgehead atoms. The number of aliphatic hydroxyl groups excluding tert-OH is 1. The average molecular weight is 780 g/mol. The van der Waals surface area contributed by atoms with Gasteiger partial charge in [-0.25, -0.2) is 0 Å². The third-order valence-electron chi connectivity index (χ3n) is 12.7. The molecule has 292 valence electrons. The maximum atomic E-state index is 15.4. The zero-order valence-corrected chi connectivity index (χ0v) is 33.9. The fraction of sp³-hybridized carbons (Fsp3) is 0.298. The van der Waals surface area contributed by atoms with Gasteiger partial charge in [-0.15, -0.1) is 0 Å². The number of aliphatic hydroxyl groups is 1. The van der Waals surface area contributed by atoms with Crippen LogP contribution in [0.4, 0.5) is 17.1 Å². The highest BCUT2D eigenvalue weighted by molar-refractivity contribution is 6.91. The standard InChI is InChI=1S/C47H49N3O6Si/c1-32-45(57(3,4)40-23-21-39(55-2)22-24-40)43(27-44(53)48-29-35-15-9-8-14-34(35)26-38(48)30-51)56-47(32)41-19-10-11-20-42(41)49(46(47)54)28-33-13-12-18-37(25-33)50(31-52)36-16-6-5-7-17-36/h5-25,31-32,38,43,45,51H,26-30H2,1-4H3/t32-,38+,43+,45-,47+/m1/s1. The van der Waals surface area contributed by atoms with E-state index in [1.807, 2.05) is 119 Å². The van der Waals surface area contributed by atoms with Gasteiger partial charge in [0.15, 0.2) is 5.60 Å². The van der Waals surface area contributed by atoms with Crippen molar-refractivity contribution >= 4 is 48.5 Å². The summed E-state index contributed by atoms with van der Waals surface area (Å²) in [5, 5.41) is 11.7. The van der Waals surface area contributed by atoms with Crippen molar-refractivity contribution < 1.29 is 29.0 Å². The molecule has 1 N–H and O–H groups in total. The van der Waals surface area contributed by atoms with Gasteiger partial charge in [0.1, 0.15) is 5.75 Å². The first-order valence-corrected chi connectivity index (χ1v) is 22.8. The van der Waals surface area contributed by atoms with E-state index in [1.165, 1.54) is 5.19 Å². The number of rotatable bonds is 11. The van der Waals surface area contributed by atoms with Gasteiger partial charge >= 0.3 is 0 Å². The normalized spacial score (nSPS) is 22.6. The molecule has 5 atom stereocenters. The van der Waals surface area contributed by atoms with E-state index in [0.29, 0.717) is 18.7 Å². The maximum Gasteiger partial charge on any atom is 0.264 e. The molecule has 3 aliphatic rings. The van der Waals surface area contributed by atoms with Gasteiger partial charge in [0.2, 0.25) is 12.3 Å². The lowest BCUT2D eigenvalue weighted by Crippen LogP contribution is -2.52. The fourth-order valence-corrected chi connectivity index (χ4v) is 13.8. The van der Waals surface area contributed by atoms with E-state index in [2.05, 4.69) is 38.2 Å². The highest BCUT2D eigenvalue weighted by Crippen LogP contribution is 2.60. The third kappa shape index (κ3) is 6.65. The van der Waals surface area contributed by atoms with Crippen molar-refractivity contribution in [2.45, 2.75) is 69.2 Å². The van der Waals surface area contributed by atoms with Crippen LogP contribution in [-0.4, -0.2) is 62.2 Å². The lowest BCUT2D eigenvalue weighted by molar-refractivity contribution is -0.151. The summed E-state index contributed by atoms with van der Waals surface area (Å²) in [6.07, 6.45) is 0.896. The van der Waals surface area contributed by atoms with Crippen LogP contribution in [-0.2, 0) is 44.2 Å². The fourth-order valence-electron chi connectivity index (χ4n) is 9.80. The Morgan fingerprint density at radius 3 is 2.32 bits per heavy atom. The number of methoxy groups -OCH3 is 1. The molecule has 5 aromatic carbocycles. The summed E-state index contributed by atoms with van der Waals surface area (Å²) in [6, 6.07) is 41.0. The smallest absolute Gasteiger partial charge is 0.264 e. The molecule has 1 spiro atoms. The van der Waals surface area contributed by atoms with Crippen LogP contribution in [0.25, 0.3) is 0 Å². The van der Waals surface area contributed by atoms with Crippen LogP contribution >= 0.6 is 0 Å². The summed E-state index contributed by atoms with van der Waals surface area (Å²) >= 11 is 0. The van der Waals surface area contributed by atoms with Crippen LogP contribution in [0.1, 0.15) is 35.6 Å². The molecule has 0 aliphatic carbocycles. The van der Waals surface area contributed by atoms with Gasteiger partial charge in [-0.1, -0.05) is 110 Å². The number of hydrogen-bond acceptors (Lipinski definition) is 6. The summed E-state index contributed by atoms with van der Waals surface area (Å²) in [6.45, 7) is 7.29. The highest BCUT2D eigenvalue weighted by Gasteiger charge is 2.66. The van der Waals surface area contributed by atoms with Crippen molar-refractivity contribution in [3.63, 3.8) is 0 Å². The van der Waals surface area contributed by atoms with Crippen LogP contribution in [0.15, 0.2) is 127 Å². The minimum absolute atomic E-state index is 0.0838. The molecule has 5 aromatic rings. The van der Waals surface area contributed by atoms with Gasteiger partial charge in [-0.2, -0.15) is 0 Å². The van der Waals surface area contributed by atoms with Crippen molar-refractivity contribution in [3.05, 3.63) is 150 Å². The van der Waals surface area contributed by atoms with E-state index in [1.54, 1.807) is 12.0 Å². The van der Waals surface area contributed by atoms with E-state index < -0.39 is 19.8 Å². The molecule has 10 heteroatoms. The van der Waals surface area contributed by atoms with Gasteiger partial charge in [0.05, 0.1) is 52.6 Å². The second-order valence-electron chi connectivity index (χ2n) is 16.1. The van der Waals surface area contributed by atoms with E-state index >= 15 is 4.79 Å². The summed E-state index contributed by atoms with van der Waals surface area (Å²) < 4.78 is 12.8. The molecule has 0 saturated carbocycles. The number of amides is 3. The zero-order chi connectivity index (χ0) is 39.9. The monoisotopic (exact) mass is 779 g/mol. The second-order valence-corrected chi connectivity index (χ2v) is 20.8. The Bertz CT molecular complexity index is 2280. The highest BCUT2D eigenvalue weighted by atomic mass is 28.3. The summed E-state index contributed by atoms with van der Waals surface area (Å²) in [4.78, 5) is 47.5. The Labute approximate surface area is 335 Å². The van der Waals surface area contributed by atoms with Crippen molar-refractivity contribution in [1.29, 1.82) is 0 Å². The van der Waals surface area contributed by atoms with Gasteiger partial charge in [-0.05, 0) is 71.1 Å². The van der Waals surface area contributed by atoms with Crippen LogP contribution in [0.5, 0.6) is 5.75 Å². The Kier molecular flexibility index (Phi) is 10.4. The number of hydrogen-bond donors (Lipinski definition) is 1. The van der Waals surface area contributed by atoms with Gasteiger partial charge in [0, 0.05) is 29.4 Å². The largest absolute Gasteiger partial charge is 0.497 e. The molecule has 3 amide bonds. The summed E-state index contributed by atoms with van der Waals surface area (Å²) in [7, 11) is -0.861. The molecular formula is C47H49N3O6Si.